The molecule has 1 atom stereocenters. The van der Waals surface area contributed by atoms with Crippen molar-refractivity contribution < 1.29 is 17.9 Å². The van der Waals surface area contributed by atoms with Gasteiger partial charge in [-0.3, -0.25) is 9.10 Å². The molecule has 2 aromatic carbocycles. The van der Waals surface area contributed by atoms with Gasteiger partial charge in [-0.1, -0.05) is 13.0 Å². The van der Waals surface area contributed by atoms with Crippen molar-refractivity contribution in [2.24, 2.45) is 0 Å². The third kappa shape index (κ3) is 4.35. The van der Waals surface area contributed by atoms with Crippen molar-refractivity contribution in [1.82, 2.24) is 5.32 Å². The highest BCUT2D eigenvalue weighted by atomic mass is 32.2. The Morgan fingerprint density at radius 1 is 1.19 bits per heavy atom. The van der Waals surface area contributed by atoms with E-state index in [1.165, 1.54) is 26.3 Å². The number of ether oxygens (including phenoxy) is 1. The van der Waals surface area contributed by atoms with Crippen LogP contribution in [0, 0.1) is 0 Å². The molecule has 0 aromatic heterocycles. The molecular formula is C19H24N2O4S. The summed E-state index contributed by atoms with van der Waals surface area (Å²) in [6.07, 6.45) is 0.817. The number of anilines is 1. The fourth-order valence-corrected chi connectivity index (χ4v) is 3.48. The summed E-state index contributed by atoms with van der Waals surface area (Å²) in [7, 11) is -0.758. The van der Waals surface area contributed by atoms with Gasteiger partial charge in [0.15, 0.2) is 0 Å². The lowest BCUT2D eigenvalue weighted by molar-refractivity contribution is 0.0939. The van der Waals surface area contributed by atoms with Gasteiger partial charge in [-0.15, -0.1) is 0 Å². The Bertz CT molecular complexity index is 863. The number of methoxy groups -OCH3 is 1. The molecule has 140 valence electrons. The molecule has 2 aromatic rings. The summed E-state index contributed by atoms with van der Waals surface area (Å²) in [6.45, 7) is 3.90. The lowest BCUT2D eigenvalue weighted by atomic mass is 10.1. The molecular weight excluding hydrogens is 352 g/mol. The molecule has 7 heteroatoms. The highest BCUT2D eigenvalue weighted by Crippen LogP contribution is 2.24. The van der Waals surface area contributed by atoms with Gasteiger partial charge in [0.25, 0.3) is 15.9 Å². The molecule has 0 bridgehead atoms. The van der Waals surface area contributed by atoms with E-state index in [0.29, 0.717) is 17.0 Å². The van der Waals surface area contributed by atoms with Crippen LogP contribution in [0.2, 0.25) is 0 Å². The van der Waals surface area contributed by atoms with Crippen molar-refractivity contribution in [1.29, 1.82) is 0 Å². The molecule has 0 aliphatic carbocycles. The number of nitrogens with zero attached hydrogens (tertiary/aromatic N) is 1. The van der Waals surface area contributed by atoms with E-state index in [2.05, 4.69) is 5.32 Å². The Morgan fingerprint density at radius 2 is 1.85 bits per heavy atom. The number of rotatable bonds is 7. The van der Waals surface area contributed by atoms with Crippen LogP contribution in [0.15, 0.2) is 53.4 Å². The molecule has 0 aliphatic rings. The molecule has 1 unspecified atom stereocenters. The summed E-state index contributed by atoms with van der Waals surface area (Å²) in [5.41, 5.74) is 0.831. The minimum absolute atomic E-state index is 0.0481. The van der Waals surface area contributed by atoms with Gasteiger partial charge >= 0.3 is 0 Å². The monoisotopic (exact) mass is 376 g/mol. The van der Waals surface area contributed by atoms with Crippen LogP contribution in [0.5, 0.6) is 5.75 Å². The molecule has 0 saturated carbocycles. The highest BCUT2D eigenvalue weighted by molar-refractivity contribution is 7.92. The van der Waals surface area contributed by atoms with E-state index < -0.39 is 10.0 Å². The van der Waals surface area contributed by atoms with Gasteiger partial charge in [-0.2, -0.15) is 0 Å². The van der Waals surface area contributed by atoms with Gasteiger partial charge in [-0.05, 0) is 55.8 Å². The summed E-state index contributed by atoms with van der Waals surface area (Å²) >= 11 is 0. The minimum Gasteiger partial charge on any atom is -0.497 e. The lowest BCUT2D eigenvalue weighted by Crippen LogP contribution is -2.32. The zero-order valence-electron chi connectivity index (χ0n) is 15.4. The van der Waals surface area contributed by atoms with Gasteiger partial charge in [-0.25, -0.2) is 8.42 Å². The van der Waals surface area contributed by atoms with Crippen LogP contribution >= 0.6 is 0 Å². The maximum absolute atomic E-state index is 12.8. The number of hydrogen-bond acceptors (Lipinski definition) is 4. The van der Waals surface area contributed by atoms with Crippen LogP contribution in [-0.2, 0) is 10.0 Å². The summed E-state index contributed by atoms with van der Waals surface area (Å²) in [5.74, 6) is 0.353. The number of carbonyl (C=O) groups excluding carboxylic acids is 1. The number of carbonyl (C=O) groups is 1. The van der Waals surface area contributed by atoms with Crippen LogP contribution < -0.4 is 14.4 Å². The van der Waals surface area contributed by atoms with Crippen molar-refractivity contribution in [3.63, 3.8) is 0 Å². The number of benzene rings is 2. The Kier molecular flexibility index (Phi) is 6.26. The summed E-state index contributed by atoms with van der Waals surface area (Å²) in [4.78, 5) is 12.4. The van der Waals surface area contributed by atoms with Gasteiger partial charge in [0, 0.05) is 18.7 Å². The first-order chi connectivity index (χ1) is 12.3. The fraction of sp³-hybridized carbons (Fsp3) is 0.316. The number of hydrogen-bond donors (Lipinski definition) is 1. The molecule has 2 rings (SSSR count). The molecule has 26 heavy (non-hydrogen) atoms. The Hall–Kier alpha value is -2.54. The zero-order chi connectivity index (χ0) is 19.3. The van der Waals surface area contributed by atoms with Gasteiger partial charge in [0.05, 0.1) is 17.7 Å². The fourth-order valence-electron chi connectivity index (χ4n) is 2.30. The first-order valence-electron chi connectivity index (χ1n) is 8.33. The quantitative estimate of drug-likeness (QED) is 0.806. The molecule has 0 aliphatic heterocycles. The second-order valence-electron chi connectivity index (χ2n) is 5.98. The molecule has 0 spiro atoms. The topological polar surface area (TPSA) is 75.7 Å². The van der Waals surface area contributed by atoms with Crippen molar-refractivity contribution >= 4 is 21.6 Å². The lowest BCUT2D eigenvalue weighted by Gasteiger charge is -2.20. The predicted octanol–water partition coefficient (Wildman–Crippen LogP) is 3.05. The summed E-state index contributed by atoms with van der Waals surface area (Å²) < 4.78 is 31.9. The van der Waals surface area contributed by atoms with Crippen LogP contribution in [0.1, 0.15) is 30.6 Å². The second-order valence-corrected chi connectivity index (χ2v) is 7.95. The summed E-state index contributed by atoms with van der Waals surface area (Å²) in [5, 5.41) is 2.87. The molecule has 0 radical (unpaired) electrons. The van der Waals surface area contributed by atoms with E-state index in [1.54, 1.807) is 36.4 Å². The third-order valence-corrected chi connectivity index (χ3v) is 5.98. The van der Waals surface area contributed by atoms with E-state index >= 15 is 0 Å². The Labute approximate surface area is 154 Å². The zero-order valence-corrected chi connectivity index (χ0v) is 16.2. The first-order valence-corrected chi connectivity index (χ1v) is 9.77. The SMILES string of the molecule is CCC(C)NC(=O)c1cccc(N(C)S(=O)(=O)c2ccc(OC)cc2)c1. The van der Waals surface area contributed by atoms with Gasteiger partial charge in [0.1, 0.15) is 5.75 Å². The van der Waals surface area contributed by atoms with Gasteiger partial charge in [0.2, 0.25) is 0 Å². The molecule has 0 fully saturated rings. The van der Waals surface area contributed by atoms with Crippen LogP contribution in [-0.4, -0.2) is 34.5 Å². The Balaban J connectivity index is 2.29. The molecule has 1 amide bonds. The number of amides is 1. The van der Waals surface area contributed by atoms with Crippen LogP contribution in [0.3, 0.4) is 0 Å². The average Bonchev–Trinajstić information content (AvgIpc) is 2.67. The molecule has 1 N–H and O–H groups in total. The van der Waals surface area contributed by atoms with E-state index in [0.717, 1.165) is 10.7 Å². The maximum Gasteiger partial charge on any atom is 0.264 e. The minimum atomic E-state index is -3.74. The van der Waals surface area contributed by atoms with E-state index in [9.17, 15) is 13.2 Å². The van der Waals surface area contributed by atoms with Crippen LogP contribution in [0.4, 0.5) is 5.69 Å². The molecule has 6 nitrogen and oxygen atoms in total. The number of nitrogens with one attached hydrogen (secondary N) is 1. The average molecular weight is 376 g/mol. The van der Waals surface area contributed by atoms with Crippen molar-refractivity contribution in [2.45, 2.75) is 31.2 Å². The third-order valence-electron chi connectivity index (χ3n) is 4.18. The van der Waals surface area contributed by atoms with Crippen molar-refractivity contribution in [2.75, 3.05) is 18.5 Å². The standard InChI is InChI=1S/C19H24N2O4S/c1-5-14(2)20-19(22)15-7-6-8-16(13-15)21(3)26(23,24)18-11-9-17(25-4)10-12-18/h6-14H,5H2,1-4H3,(H,20,22). The molecule has 0 saturated heterocycles. The normalized spacial score (nSPS) is 12.3. The summed E-state index contributed by atoms with van der Waals surface area (Å²) in [6, 6.07) is 12.8. The van der Waals surface area contributed by atoms with Crippen LogP contribution in [0.25, 0.3) is 0 Å². The van der Waals surface area contributed by atoms with E-state index in [-0.39, 0.29) is 16.8 Å². The largest absolute Gasteiger partial charge is 0.497 e. The first kappa shape index (κ1) is 19.8. The van der Waals surface area contributed by atoms with Crippen molar-refractivity contribution in [3.8, 4) is 5.75 Å². The maximum atomic E-state index is 12.8. The van der Waals surface area contributed by atoms with E-state index in [1.807, 2.05) is 13.8 Å². The molecule has 0 heterocycles. The van der Waals surface area contributed by atoms with Crippen molar-refractivity contribution in [3.05, 3.63) is 54.1 Å². The second kappa shape index (κ2) is 8.23. The highest BCUT2D eigenvalue weighted by Gasteiger charge is 2.22. The number of sulfonamides is 1. The Morgan fingerprint density at radius 3 is 2.42 bits per heavy atom. The smallest absolute Gasteiger partial charge is 0.264 e. The predicted molar refractivity (Wildman–Crippen MR) is 102 cm³/mol. The van der Waals surface area contributed by atoms with E-state index in [4.69, 9.17) is 4.74 Å². The van der Waals surface area contributed by atoms with Gasteiger partial charge < -0.3 is 10.1 Å².